The lowest BCUT2D eigenvalue weighted by atomic mass is 10.1. The first-order valence-corrected chi connectivity index (χ1v) is 9.61. The van der Waals surface area contributed by atoms with E-state index >= 15 is 0 Å². The van der Waals surface area contributed by atoms with Crippen LogP contribution in [-0.4, -0.2) is 34.0 Å². The Morgan fingerprint density at radius 1 is 1.08 bits per heavy atom. The molecule has 7 heteroatoms. The van der Waals surface area contributed by atoms with Gasteiger partial charge in [-0.15, -0.1) is 0 Å². The van der Waals surface area contributed by atoms with Gasteiger partial charge in [-0.25, -0.2) is 13.1 Å². The summed E-state index contributed by atoms with van der Waals surface area (Å²) in [5.41, 5.74) is 1.64. The lowest BCUT2D eigenvalue weighted by Gasteiger charge is -2.23. The fraction of sp³-hybridized carbons (Fsp3) is 0.294. The zero-order chi connectivity index (χ0) is 17.9. The van der Waals surface area contributed by atoms with Crippen molar-refractivity contribution in [2.45, 2.75) is 17.9 Å². The van der Waals surface area contributed by atoms with Gasteiger partial charge >= 0.3 is 0 Å². The molecule has 2 aromatic rings. The minimum atomic E-state index is -3.65. The van der Waals surface area contributed by atoms with Crippen molar-refractivity contribution in [3.63, 3.8) is 0 Å². The quantitative estimate of drug-likeness (QED) is 0.818. The van der Waals surface area contributed by atoms with E-state index < -0.39 is 16.1 Å². The molecule has 0 aliphatic carbocycles. The second-order valence-electron chi connectivity index (χ2n) is 5.93. The summed E-state index contributed by atoms with van der Waals surface area (Å²) in [5.74, 6) is 0. The van der Waals surface area contributed by atoms with Crippen LogP contribution in [0.5, 0.6) is 0 Å². The highest BCUT2D eigenvalue weighted by Crippen LogP contribution is 2.27. The summed E-state index contributed by atoms with van der Waals surface area (Å²) in [4.78, 5) is 2.15. The van der Waals surface area contributed by atoms with E-state index in [1.165, 1.54) is 0 Å². The van der Waals surface area contributed by atoms with Gasteiger partial charge in [0.05, 0.1) is 21.0 Å². The molecule has 0 saturated carbocycles. The van der Waals surface area contributed by atoms with Gasteiger partial charge in [0.15, 0.2) is 0 Å². The number of aryl methyl sites for hydroxylation is 1. The number of hydrogen-bond acceptors (Lipinski definition) is 3. The zero-order valence-electron chi connectivity index (χ0n) is 13.8. The third-order valence-electron chi connectivity index (χ3n) is 3.49. The van der Waals surface area contributed by atoms with E-state index in [1.54, 1.807) is 36.4 Å². The number of likely N-dealkylation sites (N-methyl/N-ethyl adjacent to an activating group) is 1. The summed E-state index contributed by atoms with van der Waals surface area (Å²) >= 11 is 12.0. The predicted molar refractivity (Wildman–Crippen MR) is 99.3 cm³/mol. The molecule has 0 amide bonds. The molecule has 0 unspecified atom stereocenters. The van der Waals surface area contributed by atoms with Crippen LogP contribution in [0.2, 0.25) is 10.0 Å². The highest BCUT2D eigenvalue weighted by Gasteiger charge is 2.22. The van der Waals surface area contributed by atoms with Crippen LogP contribution in [0.1, 0.15) is 17.2 Å². The van der Waals surface area contributed by atoms with Crippen LogP contribution >= 0.6 is 23.2 Å². The number of benzene rings is 2. The van der Waals surface area contributed by atoms with Crippen molar-refractivity contribution < 1.29 is 8.42 Å². The van der Waals surface area contributed by atoms with Crippen LogP contribution in [-0.2, 0) is 10.0 Å². The molecule has 0 heterocycles. The predicted octanol–water partition coefficient (Wildman–Crippen LogP) is 3.88. The molecule has 130 valence electrons. The van der Waals surface area contributed by atoms with Crippen molar-refractivity contribution in [3.05, 3.63) is 63.6 Å². The van der Waals surface area contributed by atoms with Gasteiger partial charge in [-0.05, 0) is 56.4 Å². The summed E-state index contributed by atoms with van der Waals surface area (Å²) in [5, 5.41) is 0.832. The Balaban J connectivity index is 2.36. The standard InChI is InChI=1S/C17H20Cl2N2O2S/c1-12-5-4-6-14(9-12)24(22,23)20-17(11-21(2)3)13-7-8-15(18)16(19)10-13/h4-10,17,20H,11H2,1-3H3/t17-/m1/s1. The first-order valence-electron chi connectivity index (χ1n) is 7.38. The van der Waals surface area contributed by atoms with Gasteiger partial charge < -0.3 is 4.90 Å². The molecule has 24 heavy (non-hydrogen) atoms. The zero-order valence-corrected chi connectivity index (χ0v) is 16.1. The van der Waals surface area contributed by atoms with Crippen LogP contribution < -0.4 is 4.72 Å². The van der Waals surface area contributed by atoms with Crippen molar-refractivity contribution >= 4 is 33.2 Å². The van der Waals surface area contributed by atoms with E-state index in [9.17, 15) is 8.42 Å². The van der Waals surface area contributed by atoms with E-state index in [2.05, 4.69) is 4.72 Å². The molecule has 1 N–H and O–H groups in total. The van der Waals surface area contributed by atoms with E-state index in [0.29, 0.717) is 16.6 Å². The van der Waals surface area contributed by atoms with E-state index in [-0.39, 0.29) is 4.90 Å². The first kappa shape index (κ1) is 19.2. The van der Waals surface area contributed by atoms with Gasteiger partial charge in [0.2, 0.25) is 10.0 Å². The third-order valence-corrected chi connectivity index (χ3v) is 5.70. The van der Waals surface area contributed by atoms with Crippen LogP contribution in [0.4, 0.5) is 0 Å². The maximum atomic E-state index is 12.7. The smallest absolute Gasteiger partial charge is 0.241 e. The molecule has 0 saturated heterocycles. The molecular formula is C17H20Cl2N2O2S. The lowest BCUT2D eigenvalue weighted by molar-refractivity contribution is 0.363. The van der Waals surface area contributed by atoms with E-state index in [1.807, 2.05) is 32.0 Å². The number of hydrogen-bond donors (Lipinski definition) is 1. The number of nitrogens with zero attached hydrogens (tertiary/aromatic N) is 1. The van der Waals surface area contributed by atoms with Gasteiger partial charge in [-0.3, -0.25) is 0 Å². The molecule has 1 atom stereocenters. The van der Waals surface area contributed by atoms with Gasteiger partial charge in [-0.1, -0.05) is 41.4 Å². The largest absolute Gasteiger partial charge is 0.307 e. The summed E-state index contributed by atoms with van der Waals surface area (Å²) in [7, 11) is 0.109. The van der Waals surface area contributed by atoms with E-state index in [0.717, 1.165) is 11.1 Å². The van der Waals surface area contributed by atoms with Crippen molar-refractivity contribution in [2.75, 3.05) is 20.6 Å². The van der Waals surface area contributed by atoms with E-state index in [4.69, 9.17) is 23.2 Å². The molecule has 4 nitrogen and oxygen atoms in total. The summed E-state index contributed by atoms with van der Waals surface area (Å²) in [6.07, 6.45) is 0. The summed E-state index contributed by atoms with van der Waals surface area (Å²) in [6, 6.07) is 11.5. The molecule has 2 rings (SSSR count). The maximum absolute atomic E-state index is 12.7. The van der Waals surface area contributed by atoms with Crippen LogP contribution in [0.3, 0.4) is 0 Å². The number of sulfonamides is 1. The Labute approximate surface area is 153 Å². The molecule has 2 aromatic carbocycles. The normalized spacial score (nSPS) is 13.2. The molecule has 0 radical (unpaired) electrons. The fourth-order valence-corrected chi connectivity index (χ4v) is 3.97. The molecular weight excluding hydrogens is 367 g/mol. The average molecular weight is 387 g/mol. The second kappa shape index (κ2) is 7.85. The lowest BCUT2D eigenvalue weighted by Crippen LogP contribution is -2.35. The minimum Gasteiger partial charge on any atom is -0.307 e. The Kier molecular flexibility index (Phi) is 6.28. The van der Waals surface area contributed by atoms with Crippen LogP contribution in [0.25, 0.3) is 0 Å². The van der Waals surface area contributed by atoms with Gasteiger partial charge in [0.25, 0.3) is 0 Å². The fourth-order valence-electron chi connectivity index (χ4n) is 2.34. The first-order chi connectivity index (χ1) is 11.2. The van der Waals surface area contributed by atoms with Crippen LogP contribution in [0.15, 0.2) is 47.4 Å². The number of rotatable bonds is 6. The number of halogens is 2. The Hall–Kier alpha value is -1.11. The van der Waals surface area contributed by atoms with Gasteiger partial charge in [0, 0.05) is 6.54 Å². The average Bonchev–Trinajstić information content (AvgIpc) is 2.48. The molecule has 0 spiro atoms. The highest BCUT2D eigenvalue weighted by atomic mass is 35.5. The third kappa shape index (κ3) is 4.94. The van der Waals surface area contributed by atoms with Gasteiger partial charge in [0.1, 0.15) is 0 Å². The Morgan fingerprint density at radius 2 is 1.79 bits per heavy atom. The van der Waals surface area contributed by atoms with Crippen molar-refractivity contribution in [1.29, 1.82) is 0 Å². The topological polar surface area (TPSA) is 49.4 Å². The van der Waals surface area contributed by atoms with Crippen molar-refractivity contribution in [2.24, 2.45) is 0 Å². The highest BCUT2D eigenvalue weighted by molar-refractivity contribution is 7.89. The SMILES string of the molecule is Cc1cccc(S(=O)(=O)N[C@H](CN(C)C)c2ccc(Cl)c(Cl)c2)c1. The molecule has 0 aromatic heterocycles. The number of nitrogens with one attached hydrogen (secondary N) is 1. The molecule has 0 aliphatic rings. The maximum Gasteiger partial charge on any atom is 0.241 e. The minimum absolute atomic E-state index is 0.242. The Morgan fingerprint density at radius 3 is 2.38 bits per heavy atom. The second-order valence-corrected chi connectivity index (χ2v) is 8.45. The Bertz CT molecular complexity index is 823. The van der Waals surface area contributed by atoms with Crippen LogP contribution in [0, 0.1) is 6.92 Å². The van der Waals surface area contributed by atoms with Gasteiger partial charge in [-0.2, -0.15) is 0 Å². The monoisotopic (exact) mass is 386 g/mol. The molecule has 0 bridgehead atoms. The van der Waals surface area contributed by atoms with Crippen molar-refractivity contribution in [3.8, 4) is 0 Å². The molecule has 0 aliphatic heterocycles. The summed E-state index contributed by atoms with van der Waals surface area (Å²) in [6.45, 7) is 2.35. The summed E-state index contributed by atoms with van der Waals surface area (Å²) < 4.78 is 28.2. The molecule has 0 fully saturated rings. The van der Waals surface area contributed by atoms with Crippen molar-refractivity contribution in [1.82, 2.24) is 9.62 Å².